The summed E-state index contributed by atoms with van der Waals surface area (Å²) in [7, 11) is 0. The highest BCUT2D eigenvalue weighted by atomic mass is 16.2. The van der Waals surface area contributed by atoms with Crippen molar-refractivity contribution < 1.29 is 28.8 Å². The fourth-order valence-electron chi connectivity index (χ4n) is 8.56. The number of hydrogen-bond acceptors (Lipinski definition) is 6. The van der Waals surface area contributed by atoms with Gasteiger partial charge in [-0.2, -0.15) is 0 Å². The molecule has 6 heterocycles. The zero-order valence-electron chi connectivity index (χ0n) is 23.2. The number of amides is 6. The molecule has 6 aliphatic heterocycles. The van der Waals surface area contributed by atoms with Crippen LogP contribution >= 0.6 is 0 Å². The van der Waals surface area contributed by atoms with Crippen LogP contribution in [0.4, 0.5) is 0 Å². The number of fused-ring (bicyclic) bond motifs is 5. The van der Waals surface area contributed by atoms with Gasteiger partial charge in [0.2, 0.25) is 35.4 Å². The first kappa shape index (κ1) is 25.6. The van der Waals surface area contributed by atoms with Crippen LogP contribution in [0.3, 0.4) is 0 Å². The molecule has 9 rings (SSSR count). The molecule has 0 N–H and O–H groups in total. The number of benzene rings is 1. The minimum absolute atomic E-state index is 0.0684. The van der Waals surface area contributed by atoms with Crippen LogP contribution in [0.2, 0.25) is 0 Å². The summed E-state index contributed by atoms with van der Waals surface area (Å²) in [5, 5.41) is 0. The minimum atomic E-state index is -0.473. The van der Waals surface area contributed by atoms with Crippen molar-refractivity contribution in [3.63, 3.8) is 0 Å². The molecule has 0 spiro atoms. The van der Waals surface area contributed by atoms with Gasteiger partial charge in [0.25, 0.3) is 0 Å². The maximum Gasteiger partial charge on any atom is 0.234 e. The summed E-state index contributed by atoms with van der Waals surface area (Å²) in [6.07, 6.45) is 5.18. The number of rotatable bonds is 0. The van der Waals surface area contributed by atoms with Crippen LogP contribution in [0.1, 0.15) is 36.8 Å². The van der Waals surface area contributed by atoms with Gasteiger partial charge in [0.15, 0.2) is 0 Å². The van der Waals surface area contributed by atoms with E-state index in [1.807, 2.05) is 36.4 Å². The minimum Gasteiger partial charge on any atom is -0.338 e. The van der Waals surface area contributed by atoms with E-state index in [0.717, 1.165) is 22.3 Å². The third kappa shape index (κ3) is 3.69. The van der Waals surface area contributed by atoms with Crippen LogP contribution in [-0.4, -0.2) is 81.2 Å². The van der Waals surface area contributed by atoms with Crippen LogP contribution in [0, 0.1) is 35.5 Å². The summed E-state index contributed by atoms with van der Waals surface area (Å²) in [5.74, 6) is -3.13. The summed E-state index contributed by atoms with van der Waals surface area (Å²) < 4.78 is 0. The summed E-state index contributed by atoms with van der Waals surface area (Å²) in [5.41, 5.74) is 3.68. The van der Waals surface area contributed by atoms with E-state index >= 15 is 0 Å². The standard InChI is InChI=1S/C32H32N4O6/c37-25-9-10-26(38)34-14-20-6-8-22-28(24(20)16-34)32(42)36(30(22)40)12-18-2-1-17(3-4-18)11-35-29(39)21-7-5-19-13-33(25)15-23(19)27(21)31(35)41/h1-6,21-24,27-28H,7-16H2/t21-,22-,23+,24+,27-,28-/m1/s1. The smallest absolute Gasteiger partial charge is 0.234 e. The average molecular weight is 569 g/mol. The highest BCUT2D eigenvalue weighted by Gasteiger charge is 2.56. The molecule has 0 aromatic heterocycles. The fraction of sp³-hybridized carbons (Fsp3) is 0.500. The molecule has 10 nitrogen and oxygen atoms in total. The molecule has 0 saturated carbocycles. The van der Waals surface area contributed by atoms with Crippen molar-refractivity contribution in [1.29, 1.82) is 0 Å². The lowest BCUT2D eigenvalue weighted by atomic mass is 9.74. The quantitative estimate of drug-likeness (QED) is 0.344. The zero-order valence-corrected chi connectivity index (χ0v) is 23.2. The molecule has 10 bridgehead atoms. The first-order chi connectivity index (χ1) is 20.3. The Morgan fingerprint density at radius 2 is 0.905 bits per heavy atom. The summed E-state index contributed by atoms with van der Waals surface area (Å²) in [6.45, 7) is 1.95. The molecule has 4 fully saturated rings. The molecular weight excluding hydrogens is 536 g/mol. The molecule has 6 atom stereocenters. The van der Waals surface area contributed by atoms with Crippen molar-refractivity contribution in [1.82, 2.24) is 19.6 Å². The van der Waals surface area contributed by atoms with Crippen molar-refractivity contribution in [3.05, 3.63) is 58.7 Å². The second kappa shape index (κ2) is 9.21. The molecule has 4 saturated heterocycles. The fourth-order valence-corrected chi connectivity index (χ4v) is 8.56. The van der Waals surface area contributed by atoms with Crippen molar-refractivity contribution in [3.8, 4) is 0 Å². The van der Waals surface area contributed by atoms with Gasteiger partial charge < -0.3 is 9.80 Å². The molecule has 10 heteroatoms. The van der Waals surface area contributed by atoms with E-state index in [2.05, 4.69) is 0 Å². The number of carbonyl (C=O) groups is 6. The highest BCUT2D eigenvalue weighted by molar-refractivity contribution is 6.06. The summed E-state index contributed by atoms with van der Waals surface area (Å²) in [6, 6.07) is 7.40. The van der Waals surface area contributed by atoms with Crippen molar-refractivity contribution in [2.24, 2.45) is 35.5 Å². The molecule has 42 heavy (non-hydrogen) atoms. The van der Waals surface area contributed by atoms with E-state index < -0.39 is 23.7 Å². The van der Waals surface area contributed by atoms with Crippen LogP contribution in [0.25, 0.3) is 0 Å². The van der Waals surface area contributed by atoms with Gasteiger partial charge in [0.05, 0.1) is 36.8 Å². The Labute approximate surface area is 243 Å². The van der Waals surface area contributed by atoms with Gasteiger partial charge in [-0.25, -0.2) is 0 Å². The van der Waals surface area contributed by atoms with Crippen LogP contribution in [0.15, 0.2) is 47.6 Å². The van der Waals surface area contributed by atoms with Gasteiger partial charge in [-0.05, 0) is 35.1 Å². The third-order valence-electron chi connectivity index (χ3n) is 10.8. The van der Waals surface area contributed by atoms with Crippen LogP contribution in [-0.2, 0) is 41.9 Å². The zero-order chi connectivity index (χ0) is 28.9. The van der Waals surface area contributed by atoms with Gasteiger partial charge in [0.1, 0.15) is 0 Å². The molecule has 6 amide bonds. The van der Waals surface area contributed by atoms with E-state index in [4.69, 9.17) is 0 Å². The van der Waals surface area contributed by atoms with Gasteiger partial charge in [-0.1, -0.05) is 36.4 Å². The van der Waals surface area contributed by atoms with Gasteiger partial charge in [0, 0.05) is 50.9 Å². The van der Waals surface area contributed by atoms with Crippen molar-refractivity contribution in [2.75, 3.05) is 26.2 Å². The van der Waals surface area contributed by atoms with Crippen LogP contribution < -0.4 is 0 Å². The average Bonchev–Trinajstić information content (AvgIpc) is 3.73. The maximum atomic E-state index is 13.6. The first-order valence-electron chi connectivity index (χ1n) is 15.0. The second-order valence-electron chi connectivity index (χ2n) is 12.9. The monoisotopic (exact) mass is 568 g/mol. The van der Waals surface area contributed by atoms with E-state index in [1.54, 1.807) is 9.80 Å². The number of hydrogen-bond donors (Lipinski definition) is 0. The number of imide groups is 2. The Kier molecular flexibility index (Phi) is 5.62. The molecule has 1 aromatic carbocycles. The topological polar surface area (TPSA) is 115 Å². The Balaban J connectivity index is 1.12. The van der Waals surface area contributed by atoms with Crippen molar-refractivity contribution in [2.45, 2.75) is 38.8 Å². The lowest BCUT2D eigenvalue weighted by molar-refractivity contribution is -0.142. The Morgan fingerprint density at radius 3 is 1.31 bits per heavy atom. The number of allylic oxidation sites excluding steroid dienone is 2. The van der Waals surface area contributed by atoms with Gasteiger partial charge in [-0.15, -0.1) is 0 Å². The van der Waals surface area contributed by atoms with E-state index in [-0.39, 0.29) is 73.2 Å². The molecule has 0 radical (unpaired) electrons. The van der Waals surface area contributed by atoms with E-state index in [9.17, 15) is 28.8 Å². The number of nitrogens with zero attached hydrogens (tertiary/aromatic N) is 4. The molecule has 0 unspecified atom stereocenters. The predicted octanol–water partition coefficient (Wildman–Crippen LogP) is 1.26. The third-order valence-corrected chi connectivity index (χ3v) is 10.8. The van der Waals surface area contributed by atoms with Crippen molar-refractivity contribution >= 4 is 35.4 Å². The molecular formula is C32H32N4O6. The predicted molar refractivity (Wildman–Crippen MR) is 146 cm³/mol. The summed E-state index contributed by atoms with van der Waals surface area (Å²) in [4.78, 5) is 86.6. The first-order valence-corrected chi connectivity index (χ1v) is 15.0. The normalized spacial score (nSPS) is 34.1. The largest absolute Gasteiger partial charge is 0.338 e. The molecule has 2 aliphatic carbocycles. The highest BCUT2D eigenvalue weighted by Crippen LogP contribution is 2.47. The van der Waals surface area contributed by atoms with E-state index in [1.165, 1.54) is 9.80 Å². The van der Waals surface area contributed by atoms with Gasteiger partial charge in [-0.3, -0.25) is 38.6 Å². The molecule has 1 aromatic rings. The SMILES string of the molecule is O=C1CCC(=O)N2CC3=CC[C@H]4C(=O)N(Cc5ccc(cc5)CN5C(=O)[C@@H]6[C@@H](CC=C7CN1C[C@@H]76)C5=O)C(=O)[C@H]4[C@H]3C2. The lowest BCUT2D eigenvalue weighted by Gasteiger charge is -2.26. The molecule has 8 aliphatic rings. The Bertz CT molecular complexity index is 1410. The van der Waals surface area contributed by atoms with E-state index in [0.29, 0.717) is 39.0 Å². The summed E-state index contributed by atoms with van der Waals surface area (Å²) >= 11 is 0. The Morgan fingerprint density at radius 1 is 0.500 bits per heavy atom. The lowest BCUT2D eigenvalue weighted by Crippen LogP contribution is -2.36. The molecule has 216 valence electrons. The second-order valence-corrected chi connectivity index (χ2v) is 12.9. The van der Waals surface area contributed by atoms with Gasteiger partial charge >= 0.3 is 0 Å². The number of carbonyl (C=O) groups excluding carboxylic acids is 6. The Hall–Kier alpha value is -4.08. The maximum absolute atomic E-state index is 13.6. The van der Waals surface area contributed by atoms with Crippen LogP contribution in [0.5, 0.6) is 0 Å².